The second-order valence-corrected chi connectivity index (χ2v) is 4.97. The number of aliphatic hydroxyl groups excluding tert-OH is 1. The molecule has 0 fully saturated rings. The predicted octanol–water partition coefficient (Wildman–Crippen LogP) is 3.11. The van der Waals surface area contributed by atoms with Crippen LogP contribution in [-0.4, -0.2) is 16.0 Å². The Labute approximate surface area is 106 Å². The van der Waals surface area contributed by atoms with Gasteiger partial charge < -0.3 is 10.4 Å². The molecule has 96 valence electrons. The zero-order valence-electron chi connectivity index (χ0n) is 10.4. The molecule has 0 aliphatic heterocycles. The molecule has 0 aromatic carbocycles. The Morgan fingerprint density at radius 1 is 1.53 bits per heavy atom. The minimum Gasteiger partial charge on any atom is -0.387 e. The van der Waals surface area contributed by atoms with Crippen molar-refractivity contribution in [1.82, 2.24) is 4.98 Å². The van der Waals surface area contributed by atoms with Gasteiger partial charge in [-0.3, -0.25) is 4.79 Å². The summed E-state index contributed by atoms with van der Waals surface area (Å²) in [5.41, 5.74) is 0.608. The maximum Gasteiger partial charge on any atom is 0.226 e. The fraction of sp³-hybridized carbons (Fsp3) is 0.667. The molecule has 1 aromatic rings. The lowest BCUT2D eigenvalue weighted by molar-refractivity contribution is -0.116. The average molecular weight is 256 g/mol. The van der Waals surface area contributed by atoms with Gasteiger partial charge >= 0.3 is 0 Å². The summed E-state index contributed by atoms with van der Waals surface area (Å²) in [6.45, 7) is 3.80. The number of nitrogens with one attached hydrogen (secondary N) is 1. The second-order valence-electron chi connectivity index (χ2n) is 4.11. The minimum atomic E-state index is -0.582. The molecule has 1 aromatic heterocycles. The molecule has 5 heteroatoms. The Morgan fingerprint density at radius 2 is 2.29 bits per heavy atom. The highest BCUT2D eigenvalue weighted by molar-refractivity contribution is 7.13. The van der Waals surface area contributed by atoms with Gasteiger partial charge in [-0.15, -0.1) is 11.3 Å². The number of unbranched alkanes of at least 4 members (excludes halogenated alkanes) is 3. The summed E-state index contributed by atoms with van der Waals surface area (Å²) in [4.78, 5) is 15.7. The third-order valence-electron chi connectivity index (χ3n) is 2.45. The van der Waals surface area contributed by atoms with E-state index in [1.54, 1.807) is 12.3 Å². The van der Waals surface area contributed by atoms with Crippen molar-refractivity contribution in [1.29, 1.82) is 0 Å². The third-order valence-corrected chi connectivity index (χ3v) is 3.23. The first-order valence-electron chi connectivity index (χ1n) is 6.06. The molecule has 1 atom stereocenters. The van der Waals surface area contributed by atoms with Gasteiger partial charge in [0.15, 0.2) is 5.13 Å². The molecule has 0 aliphatic rings. The molecule has 4 nitrogen and oxygen atoms in total. The summed E-state index contributed by atoms with van der Waals surface area (Å²) in [6, 6.07) is 0. The van der Waals surface area contributed by atoms with Crippen molar-refractivity contribution in [3.63, 3.8) is 0 Å². The number of nitrogens with zero attached hydrogens (tertiary/aromatic N) is 1. The van der Waals surface area contributed by atoms with Crippen molar-refractivity contribution in [2.75, 3.05) is 5.32 Å². The second kappa shape index (κ2) is 7.40. The minimum absolute atomic E-state index is 0.00703. The topological polar surface area (TPSA) is 62.2 Å². The molecule has 0 radical (unpaired) electrons. The van der Waals surface area contributed by atoms with E-state index in [0.717, 1.165) is 12.8 Å². The molecule has 0 saturated carbocycles. The molecule has 2 N–H and O–H groups in total. The number of hydrogen-bond donors (Lipinski definition) is 2. The largest absolute Gasteiger partial charge is 0.387 e. The van der Waals surface area contributed by atoms with Crippen molar-refractivity contribution >= 4 is 22.4 Å². The predicted molar refractivity (Wildman–Crippen MR) is 70.1 cm³/mol. The Bertz CT molecular complexity index is 350. The van der Waals surface area contributed by atoms with E-state index in [4.69, 9.17) is 0 Å². The quantitative estimate of drug-likeness (QED) is 0.737. The van der Waals surface area contributed by atoms with Crippen LogP contribution in [-0.2, 0) is 4.79 Å². The number of aliphatic hydroxyl groups is 1. The fourth-order valence-corrected chi connectivity index (χ4v) is 2.24. The zero-order chi connectivity index (χ0) is 12.7. The number of thiazole rings is 1. The van der Waals surface area contributed by atoms with E-state index >= 15 is 0 Å². The van der Waals surface area contributed by atoms with E-state index in [1.165, 1.54) is 24.2 Å². The summed E-state index contributed by atoms with van der Waals surface area (Å²) in [7, 11) is 0. The SMILES string of the molecule is CCCCCCC(=O)Nc1nc(C(C)O)cs1. The van der Waals surface area contributed by atoms with E-state index in [9.17, 15) is 9.90 Å². The maximum absolute atomic E-state index is 11.5. The van der Waals surface area contributed by atoms with E-state index < -0.39 is 6.10 Å². The molecule has 0 spiro atoms. The summed E-state index contributed by atoms with van der Waals surface area (Å²) < 4.78 is 0. The molecule has 0 aliphatic carbocycles. The van der Waals surface area contributed by atoms with Gasteiger partial charge in [0, 0.05) is 11.8 Å². The fourth-order valence-electron chi connectivity index (χ4n) is 1.43. The lowest BCUT2D eigenvalue weighted by atomic mass is 10.1. The van der Waals surface area contributed by atoms with Gasteiger partial charge in [-0.05, 0) is 13.3 Å². The van der Waals surface area contributed by atoms with Crippen molar-refractivity contribution in [3.8, 4) is 0 Å². The van der Waals surface area contributed by atoms with E-state index in [1.807, 2.05) is 0 Å². The summed E-state index contributed by atoms with van der Waals surface area (Å²) in [5, 5.41) is 14.4. The number of aromatic nitrogens is 1. The van der Waals surface area contributed by atoms with Crippen LogP contribution in [0.2, 0.25) is 0 Å². The van der Waals surface area contributed by atoms with E-state index in [2.05, 4.69) is 17.2 Å². The number of hydrogen-bond acceptors (Lipinski definition) is 4. The van der Waals surface area contributed by atoms with Gasteiger partial charge in [0.2, 0.25) is 5.91 Å². The summed E-state index contributed by atoms with van der Waals surface area (Å²) >= 11 is 1.35. The smallest absolute Gasteiger partial charge is 0.226 e. The molecular weight excluding hydrogens is 236 g/mol. The first kappa shape index (κ1) is 14.1. The normalized spacial score (nSPS) is 12.4. The Hall–Kier alpha value is -0.940. The van der Waals surface area contributed by atoms with Crippen LogP contribution in [0.1, 0.15) is 57.7 Å². The monoisotopic (exact) mass is 256 g/mol. The molecule has 17 heavy (non-hydrogen) atoms. The van der Waals surface area contributed by atoms with Crippen LogP contribution in [0.4, 0.5) is 5.13 Å². The average Bonchev–Trinajstić information content (AvgIpc) is 2.73. The van der Waals surface area contributed by atoms with Crippen molar-refractivity contribution < 1.29 is 9.90 Å². The van der Waals surface area contributed by atoms with Crippen LogP contribution < -0.4 is 5.32 Å². The maximum atomic E-state index is 11.5. The Morgan fingerprint density at radius 3 is 2.88 bits per heavy atom. The molecule has 1 unspecified atom stereocenters. The Balaban J connectivity index is 2.29. The number of amides is 1. The first-order chi connectivity index (χ1) is 8.13. The standard InChI is InChI=1S/C12H20N2O2S/c1-3-4-5-6-7-11(16)14-12-13-10(8-17-12)9(2)15/h8-9,15H,3-7H2,1-2H3,(H,13,14,16). The van der Waals surface area contributed by atoms with Crippen LogP contribution in [0.25, 0.3) is 0 Å². The third kappa shape index (κ3) is 5.28. The van der Waals surface area contributed by atoms with Gasteiger partial charge in [-0.2, -0.15) is 0 Å². The zero-order valence-corrected chi connectivity index (χ0v) is 11.2. The summed E-state index contributed by atoms with van der Waals surface area (Å²) in [5.74, 6) is 0.00703. The highest BCUT2D eigenvalue weighted by atomic mass is 32.1. The van der Waals surface area contributed by atoms with Crippen LogP contribution in [0.3, 0.4) is 0 Å². The Kier molecular flexibility index (Phi) is 6.15. The molecule has 1 rings (SSSR count). The van der Waals surface area contributed by atoms with Crippen LogP contribution in [0, 0.1) is 0 Å². The lowest BCUT2D eigenvalue weighted by Crippen LogP contribution is -2.11. The number of carbonyl (C=O) groups excluding carboxylic acids is 1. The molecule has 1 amide bonds. The highest BCUT2D eigenvalue weighted by Gasteiger charge is 2.09. The molecular formula is C12H20N2O2S. The number of rotatable bonds is 7. The lowest BCUT2D eigenvalue weighted by Gasteiger charge is -2.01. The molecule has 1 heterocycles. The van der Waals surface area contributed by atoms with Gasteiger partial charge in [0.05, 0.1) is 11.8 Å². The van der Waals surface area contributed by atoms with Gasteiger partial charge in [-0.25, -0.2) is 4.98 Å². The van der Waals surface area contributed by atoms with Gasteiger partial charge in [-0.1, -0.05) is 26.2 Å². The van der Waals surface area contributed by atoms with E-state index in [-0.39, 0.29) is 5.91 Å². The van der Waals surface area contributed by atoms with Crippen molar-refractivity contribution in [3.05, 3.63) is 11.1 Å². The van der Waals surface area contributed by atoms with Crippen LogP contribution >= 0.6 is 11.3 Å². The van der Waals surface area contributed by atoms with Gasteiger partial charge in [0.25, 0.3) is 0 Å². The van der Waals surface area contributed by atoms with Crippen LogP contribution in [0.15, 0.2) is 5.38 Å². The summed E-state index contributed by atoms with van der Waals surface area (Å²) in [6.07, 6.45) is 4.34. The van der Waals surface area contributed by atoms with Crippen molar-refractivity contribution in [2.45, 2.75) is 52.1 Å². The number of anilines is 1. The molecule has 0 bridgehead atoms. The first-order valence-corrected chi connectivity index (χ1v) is 6.94. The van der Waals surface area contributed by atoms with Crippen molar-refractivity contribution in [2.24, 2.45) is 0 Å². The van der Waals surface area contributed by atoms with Gasteiger partial charge in [0.1, 0.15) is 0 Å². The number of carbonyl (C=O) groups is 1. The van der Waals surface area contributed by atoms with Crippen LogP contribution in [0.5, 0.6) is 0 Å². The highest BCUT2D eigenvalue weighted by Crippen LogP contribution is 2.20. The van der Waals surface area contributed by atoms with E-state index in [0.29, 0.717) is 17.2 Å². The molecule has 0 saturated heterocycles.